The number of fused-ring (bicyclic) bond motifs is 2. The van der Waals surface area contributed by atoms with Gasteiger partial charge in [0, 0.05) is 17.1 Å². The number of aromatic nitrogens is 1. The van der Waals surface area contributed by atoms with Crippen molar-refractivity contribution in [2.24, 2.45) is 0 Å². The summed E-state index contributed by atoms with van der Waals surface area (Å²) >= 11 is 0. The van der Waals surface area contributed by atoms with Crippen molar-refractivity contribution in [3.8, 4) is 28.5 Å². The van der Waals surface area contributed by atoms with Gasteiger partial charge in [0.25, 0.3) is 0 Å². The third-order valence-corrected chi connectivity index (χ3v) is 8.17. The van der Waals surface area contributed by atoms with Gasteiger partial charge >= 0.3 is 0 Å². The molecule has 0 saturated heterocycles. The molecular formula is C29H24N2Si. The molecule has 0 saturated carbocycles. The fourth-order valence-corrected chi connectivity index (χ4v) is 5.46. The summed E-state index contributed by atoms with van der Waals surface area (Å²) in [4.78, 5) is 4.70. The minimum Gasteiger partial charge on any atom is -0.256 e. The lowest BCUT2D eigenvalue weighted by Crippen LogP contribution is -2.37. The van der Waals surface area contributed by atoms with Crippen LogP contribution >= 0.6 is 0 Å². The van der Waals surface area contributed by atoms with Crippen molar-refractivity contribution in [1.29, 1.82) is 5.26 Å². The third kappa shape index (κ3) is 3.60. The van der Waals surface area contributed by atoms with Crippen LogP contribution in [0.15, 0.2) is 91.1 Å². The summed E-state index contributed by atoms with van der Waals surface area (Å²) in [7, 11) is -1.30. The second kappa shape index (κ2) is 7.75. The zero-order valence-corrected chi connectivity index (χ0v) is 19.6. The summed E-state index contributed by atoms with van der Waals surface area (Å²) in [5.41, 5.74) is 4.98. The van der Waals surface area contributed by atoms with Gasteiger partial charge in [0.1, 0.15) is 0 Å². The molecule has 5 aromatic rings. The van der Waals surface area contributed by atoms with Gasteiger partial charge in [-0.25, -0.2) is 0 Å². The smallest absolute Gasteiger partial charge is 0.0998 e. The van der Waals surface area contributed by atoms with Crippen molar-refractivity contribution in [2.75, 3.05) is 0 Å². The first-order valence-electron chi connectivity index (χ1n) is 10.9. The third-order valence-electron chi connectivity index (χ3n) is 6.10. The van der Waals surface area contributed by atoms with Crippen LogP contribution in [-0.2, 0) is 0 Å². The fourth-order valence-electron chi connectivity index (χ4n) is 4.29. The van der Waals surface area contributed by atoms with Crippen molar-refractivity contribution < 1.29 is 0 Å². The van der Waals surface area contributed by atoms with E-state index in [1.54, 1.807) is 0 Å². The van der Waals surface area contributed by atoms with Crippen molar-refractivity contribution in [3.05, 3.63) is 96.7 Å². The van der Waals surface area contributed by atoms with E-state index in [0.29, 0.717) is 5.56 Å². The lowest BCUT2D eigenvalue weighted by Gasteiger charge is -2.17. The highest BCUT2D eigenvalue weighted by molar-refractivity contribution is 6.88. The van der Waals surface area contributed by atoms with Gasteiger partial charge in [-0.05, 0) is 51.6 Å². The lowest BCUT2D eigenvalue weighted by molar-refractivity contribution is 1.36. The predicted octanol–water partition coefficient (Wildman–Crippen LogP) is 7.14. The highest BCUT2D eigenvalue weighted by atomic mass is 28.3. The topological polar surface area (TPSA) is 36.7 Å². The van der Waals surface area contributed by atoms with Crippen LogP contribution in [0.5, 0.6) is 0 Å². The lowest BCUT2D eigenvalue weighted by atomic mass is 9.96. The molecule has 0 radical (unpaired) electrons. The molecule has 3 heteroatoms. The predicted molar refractivity (Wildman–Crippen MR) is 138 cm³/mol. The van der Waals surface area contributed by atoms with E-state index in [2.05, 4.69) is 80.3 Å². The number of benzene rings is 4. The summed E-state index contributed by atoms with van der Waals surface area (Å²) < 4.78 is 0. The van der Waals surface area contributed by atoms with Crippen LogP contribution < -0.4 is 5.19 Å². The van der Waals surface area contributed by atoms with Crippen LogP contribution in [0.2, 0.25) is 19.6 Å². The molecule has 0 spiro atoms. The number of nitriles is 1. The molecule has 0 aliphatic carbocycles. The van der Waals surface area contributed by atoms with Gasteiger partial charge in [0.05, 0.1) is 25.4 Å². The van der Waals surface area contributed by atoms with Gasteiger partial charge in [0.15, 0.2) is 0 Å². The van der Waals surface area contributed by atoms with Gasteiger partial charge < -0.3 is 0 Å². The number of nitrogens with zero attached hydrogens (tertiary/aromatic N) is 2. The van der Waals surface area contributed by atoms with Crippen molar-refractivity contribution in [1.82, 2.24) is 4.98 Å². The van der Waals surface area contributed by atoms with Gasteiger partial charge in [-0.1, -0.05) is 85.5 Å². The molecule has 1 aromatic heterocycles. The zero-order chi connectivity index (χ0) is 22.3. The molecule has 2 nitrogen and oxygen atoms in total. The standard InChI is InChI=1S/C29H24N2Si/c1-32(2,3)26-11-8-20(9-12-26)21-10-13-28-23(16-21)14-15-31-29(28)24-17-22-6-4-5-7-27(22)25(18-24)19-30/h4-18H,1-3H3. The van der Waals surface area contributed by atoms with E-state index in [1.165, 1.54) is 16.3 Å². The van der Waals surface area contributed by atoms with E-state index in [9.17, 15) is 5.26 Å². The Morgan fingerprint density at radius 2 is 1.38 bits per heavy atom. The SMILES string of the molecule is C[Si](C)(C)c1ccc(-c2ccc3c(-c4cc(C#N)c5ccccc5c4)nccc3c2)cc1. The highest BCUT2D eigenvalue weighted by Crippen LogP contribution is 2.33. The maximum absolute atomic E-state index is 9.68. The quantitative estimate of drug-likeness (QED) is 0.286. The molecule has 0 bridgehead atoms. The van der Waals surface area contributed by atoms with Gasteiger partial charge in [-0.2, -0.15) is 5.26 Å². The highest BCUT2D eigenvalue weighted by Gasteiger charge is 2.16. The number of hydrogen-bond donors (Lipinski definition) is 0. The van der Waals surface area contributed by atoms with Gasteiger partial charge in [-0.3, -0.25) is 4.98 Å². The largest absolute Gasteiger partial charge is 0.256 e. The Labute approximate surface area is 189 Å². The molecule has 0 fully saturated rings. The monoisotopic (exact) mass is 428 g/mol. The molecule has 0 atom stereocenters. The van der Waals surface area contributed by atoms with E-state index in [4.69, 9.17) is 4.98 Å². The Kier molecular flexibility index (Phi) is 4.88. The Bertz CT molecular complexity index is 1500. The zero-order valence-electron chi connectivity index (χ0n) is 18.6. The second-order valence-electron chi connectivity index (χ2n) is 9.28. The molecule has 5 rings (SSSR count). The van der Waals surface area contributed by atoms with Crippen molar-refractivity contribution in [3.63, 3.8) is 0 Å². The molecular weight excluding hydrogens is 404 g/mol. The molecule has 4 aromatic carbocycles. The van der Waals surface area contributed by atoms with Crippen LogP contribution in [0, 0.1) is 11.3 Å². The molecule has 32 heavy (non-hydrogen) atoms. The molecule has 0 amide bonds. The van der Waals surface area contributed by atoms with Crippen LogP contribution in [0.4, 0.5) is 0 Å². The average molecular weight is 429 g/mol. The summed E-state index contributed by atoms with van der Waals surface area (Å²) in [6, 6.07) is 32.1. The minimum atomic E-state index is -1.30. The van der Waals surface area contributed by atoms with Gasteiger partial charge in [0.2, 0.25) is 0 Å². The Hall–Kier alpha value is -3.74. The van der Waals surface area contributed by atoms with Crippen LogP contribution in [0.1, 0.15) is 5.56 Å². The van der Waals surface area contributed by atoms with Crippen molar-refractivity contribution in [2.45, 2.75) is 19.6 Å². The molecule has 0 aliphatic heterocycles. The van der Waals surface area contributed by atoms with E-state index in [0.717, 1.165) is 32.8 Å². The molecule has 154 valence electrons. The fraction of sp³-hybridized carbons (Fsp3) is 0.103. The minimum absolute atomic E-state index is 0.677. The summed E-state index contributed by atoms with van der Waals surface area (Å²) in [5, 5.41) is 15.4. The first-order valence-corrected chi connectivity index (χ1v) is 14.4. The van der Waals surface area contributed by atoms with Gasteiger partial charge in [-0.15, -0.1) is 0 Å². The first kappa shape index (κ1) is 20.2. The van der Waals surface area contributed by atoms with Crippen LogP contribution in [0.3, 0.4) is 0 Å². The number of pyridine rings is 1. The van der Waals surface area contributed by atoms with E-state index < -0.39 is 8.07 Å². The first-order chi connectivity index (χ1) is 15.4. The maximum atomic E-state index is 9.68. The van der Waals surface area contributed by atoms with E-state index in [1.807, 2.05) is 36.5 Å². The average Bonchev–Trinajstić information content (AvgIpc) is 2.82. The summed E-state index contributed by atoms with van der Waals surface area (Å²) in [6.45, 7) is 7.12. The maximum Gasteiger partial charge on any atom is 0.0998 e. The number of rotatable bonds is 3. The second-order valence-corrected chi connectivity index (χ2v) is 14.4. The number of hydrogen-bond acceptors (Lipinski definition) is 2. The summed E-state index contributed by atoms with van der Waals surface area (Å²) in [5.74, 6) is 0. The molecule has 0 N–H and O–H groups in total. The van der Waals surface area contributed by atoms with E-state index in [-0.39, 0.29) is 0 Å². The van der Waals surface area contributed by atoms with E-state index >= 15 is 0 Å². The van der Waals surface area contributed by atoms with Crippen molar-refractivity contribution >= 4 is 34.8 Å². The molecule has 0 unspecified atom stereocenters. The summed E-state index contributed by atoms with van der Waals surface area (Å²) in [6.07, 6.45) is 1.86. The Morgan fingerprint density at radius 3 is 2.12 bits per heavy atom. The molecule has 1 heterocycles. The van der Waals surface area contributed by atoms with Crippen LogP contribution in [0.25, 0.3) is 43.9 Å². The molecule has 0 aliphatic rings. The van der Waals surface area contributed by atoms with Crippen LogP contribution in [-0.4, -0.2) is 13.1 Å². The Morgan fingerprint density at radius 1 is 0.688 bits per heavy atom. The Balaban J connectivity index is 1.62. The normalized spacial score (nSPS) is 11.6.